The van der Waals surface area contributed by atoms with Gasteiger partial charge >= 0.3 is 0 Å². The molecule has 0 heterocycles. The van der Waals surface area contributed by atoms with Gasteiger partial charge in [0, 0.05) is 26.1 Å². The summed E-state index contributed by atoms with van der Waals surface area (Å²) in [5.41, 5.74) is 0. The first-order valence-electron chi connectivity index (χ1n) is 14.8. The van der Waals surface area contributed by atoms with E-state index in [0.29, 0.717) is 13.0 Å². The van der Waals surface area contributed by atoms with Crippen molar-refractivity contribution in [3.05, 3.63) is 0 Å². The van der Waals surface area contributed by atoms with E-state index >= 15 is 0 Å². The third-order valence-electron chi connectivity index (χ3n) is 6.60. The van der Waals surface area contributed by atoms with Gasteiger partial charge in [0.1, 0.15) is 0 Å². The zero-order valence-corrected chi connectivity index (χ0v) is 22.9. The Labute approximate surface area is 212 Å². The molecule has 0 aliphatic rings. The van der Waals surface area contributed by atoms with E-state index in [1.165, 1.54) is 103 Å². The van der Waals surface area contributed by atoms with Crippen molar-refractivity contribution in [2.75, 3.05) is 32.9 Å². The summed E-state index contributed by atoms with van der Waals surface area (Å²) in [6.45, 7) is 5.82. The molecule has 34 heavy (non-hydrogen) atoms. The average molecular weight is 486 g/mol. The van der Waals surface area contributed by atoms with E-state index in [0.717, 1.165) is 19.3 Å². The Morgan fingerprint density at radius 2 is 1.15 bits per heavy atom. The van der Waals surface area contributed by atoms with Gasteiger partial charge in [-0.15, -0.1) is 0 Å². The Morgan fingerprint density at radius 3 is 1.62 bits per heavy atom. The summed E-state index contributed by atoms with van der Waals surface area (Å²) < 4.78 is 5.64. The predicted octanol–water partition coefficient (Wildman–Crippen LogP) is 7.03. The number of carbonyl (C=O) groups is 1. The zero-order valence-electron chi connectivity index (χ0n) is 22.9. The van der Waals surface area contributed by atoms with Gasteiger partial charge in [-0.3, -0.25) is 4.79 Å². The monoisotopic (exact) mass is 485 g/mol. The molecule has 1 unspecified atom stereocenters. The van der Waals surface area contributed by atoms with E-state index in [9.17, 15) is 15.0 Å². The molecule has 0 rings (SSSR count). The molecule has 0 fully saturated rings. The van der Waals surface area contributed by atoms with Gasteiger partial charge in [-0.05, 0) is 12.8 Å². The van der Waals surface area contributed by atoms with Crippen molar-refractivity contribution < 1.29 is 19.7 Å². The Morgan fingerprint density at radius 1 is 0.706 bits per heavy atom. The quantitative estimate of drug-likeness (QED) is 0.123. The minimum atomic E-state index is -0.692. The minimum absolute atomic E-state index is 0.0246. The van der Waals surface area contributed by atoms with Crippen LogP contribution >= 0.6 is 0 Å². The molecule has 204 valence electrons. The number of hydrogen-bond donors (Lipinski definition) is 2. The van der Waals surface area contributed by atoms with Gasteiger partial charge in [-0.1, -0.05) is 123 Å². The van der Waals surface area contributed by atoms with Crippen LogP contribution in [0.4, 0.5) is 0 Å². The molecule has 0 aromatic rings. The number of unbranched alkanes of at least 4 members (excludes halogenated alkanes) is 17. The Kier molecular flexibility index (Phi) is 26.4. The fourth-order valence-electron chi connectivity index (χ4n) is 4.40. The molecule has 5 nitrogen and oxygen atoms in total. The lowest BCUT2D eigenvalue weighted by molar-refractivity contribution is -0.134. The van der Waals surface area contributed by atoms with E-state index in [2.05, 4.69) is 13.8 Å². The zero-order chi connectivity index (χ0) is 25.1. The topological polar surface area (TPSA) is 70.0 Å². The molecular weight excluding hydrogens is 426 g/mol. The molecule has 2 N–H and O–H groups in total. The maximum Gasteiger partial charge on any atom is 0.222 e. The first-order valence-corrected chi connectivity index (χ1v) is 14.8. The smallest absolute Gasteiger partial charge is 0.222 e. The largest absolute Gasteiger partial charge is 0.395 e. The number of carbonyl (C=O) groups excluding carboxylic acids is 1. The van der Waals surface area contributed by atoms with Gasteiger partial charge in [0.15, 0.2) is 0 Å². The SMILES string of the molecule is CCCCCCCCCCCCCCCCOCC(O)CN(CCO)C(=O)CCCCCCC. The summed E-state index contributed by atoms with van der Waals surface area (Å²) >= 11 is 0. The van der Waals surface area contributed by atoms with Crippen molar-refractivity contribution in [2.24, 2.45) is 0 Å². The molecule has 1 atom stereocenters. The van der Waals surface area contributed by atoms with Crippen molar-refractivity contribution in [2.45, 2.75) is 148 Å². The van der Waals surface area contributed by atoms with Gasteiger partial charge < -0.3 is 19.8 Å². The van der Waals surface area contributed by atoms with Crippen molar-refractivity contribution in [3.8, 4) is 0 Å². The molecule has 0 aliphatic carbocycles. The fraction of sp³-hybridized carbons (Fsp3) is 0.966. The number of ether oxygens (including phenoxy) is 1. The number of nitrogens with zero attached hydrogens (tertiary/aromatic N) is 1. The van der Waals surface area contributed by atoms with Crippen LogP contribution in [0, 0.1) is 0 Å². The molecule has 0 saturated heterocycles. The van der Waals surface area contributed by atoms with E-state index in [1.807, 2.05) is 0 Å². The van der Waals surface area contributed by atoms with Crippen LogP contribution < -0.4 is 0 Å². The third-order valence-corrected chi connectivity index (χ3v) is 6.60. The molecule has 5 heteroatoms. The number of amides is 1. The molecule has 0 spiro atoms. The van der Waals surface area contributed by atoms with Crippen molar-refractivity contribution >= 4 is 5.91 Å². The van der Waals surface area contributed by atoms with Gasteiger partial charge in [0.2, 0.25) is 5.91 Å². The highest BCUT2D eigenvalue weighted by Crippen LogP contribution is 2.13. The number of hydrogen-bond acceptors (Lipinski definition) is 4. The Balaban J connectivity index is 3.58. The molecule has 0 aliphatic heterocycles. The van der Waals surface area contributed by atoms with Crippen LogP contribution in [0.2, 0.25) is 0 Å². The summed E-state index contributed by atoms with van der Waals surface area (Å²) in [4.78, 5) is 14.0. The summed E-state index contributed by atoms with van der Waals surface area (Å²) in [7, 11) is 0. The van der Waals surface area contributed by atoms with Crippen LogP contribution in [0.25, 0.3) is 0 Å². The lowest BCUT2D eigenvalue weighted by Crippen LogP contribution is -2.40. The molecule has 0 aromatic carbocycles. The van der Waals surface area contributed by atoms with Crippen LogP contribution in [-0.2, 0) is 9.53 Å². The predicted molar refractivity (Wildman–Crippen MR) is 144 cm³/mol. The van der Waals surface area contributed by atoms with Gasteiger partial charge in [-0.2, -0.15) is 0 Å². The van der Waals surface area contributed by atoms with Gasteiger partial charge in [0.25, 0.3) is 0 Å². The van der Waals surface area contributed by atoms with Crippen LogP contribution in [0.5, 0.6) is 0 Å². The lowest BCUT2D eigenvalue weighted by atomic mass is 10.0. The first-order chi connectivity index (χ1) is 16.7. The molecule has 1 amide bonds. The molecule has 0 bridgehead atoms. The van der Waals surface area contributed by atoms with E-state index < -0.39 is 6.10 Å². The average Bonchev–Trinajstić information content (AvgIpc) is 2.83. The molecule has 0 radical (unpaired) electrons. The van der Waals surface area contributed by atoms with E-state index in [4.69, 9.17) is 4.74 Å². The van der Waals surface area contributed by atoms with E-state index in [-0.39, 0.29) is 32.2 Å². The third kappa shape index (κ3) is 23.1. The second-order valence-electron chi connectivity index (χ2n) is 10.1. The normalized spacial score (nSPS) is 12.2. The second-order valence-corrected chi connectivity index (χ2v) is 10.1. The standard InChI is InChI=1S/C29H59NO4/c1-3-5-7-9-10-11-12-13-14-15-16-17-19-21-25-34-27-28(32)26-30(23-24-31)29(33)22-20-18-8-6-4-2/h28,31-32H,3-27H2,1-2H3. The highest BCUT2D eigenvalue weighted by atomic mass is 16.5. The number of aliphatic hydroxyl groups excluding tert-OH is 2. The maximum absolute atomic E-state index is 12.4. The van der Waals surface area contributed by atoms with Crippen molar-refractivity contribution in [1.82, 2.24) is 4.90 Å². The lowest BCUT2D eigenvalue weighted by Gasteiger charge is -2.24. The Bertz CT molecular complexity index is 419. The summed E-state index contributed by atoms with van der Waals surface area (Å²) in [6.07, 6.45) is 24.0. The van der Waals surface area contributed by atoms with Crippen LogP contribution in [0.3, 0.4) is 0 Å². The summed E-state index contributed by atoms with van der Waals surface area (Å²) in [5.74, 6) is 0.0246. The highest BCUT2D eigenvalue weighted by Gasteiger charge is 2.17. The second kappa shape index (κ2) is 26.9. The van der Waals surface area contributed by atoms with Gasteiger partial charge in [0.05, 0.1) is 19.3 Å². The van der Waals surface area contributed by atoms with Crippen LogP contribution in [0.15, 0.2) is 0 Å². The van der Waals surface area contributed by atoms with Crippen LogP contribution in [-0.4, -0.2) is 60.0 Å². The molecule has 0 aromatic heterocycles. The van der Waals surface area contributed by atoms with E-state index in [1.54, 1.807) is 4.90 Å². The number of aliphatic hydroxyl groups is 2. The first kappa shape index (κ1) is 33.4. The minimum Gasteiger partial charge on any atom is -0.395 e. The molecular formula is C29H59NO4. The highest BCUT2D eigenvalue weighted by molar-refractivity contribution is 5.76. The fourth-order valence-corrected chi connectivity index (χ4v) is 4.40. The van der Waals surface area contributed by atoms with Crippen molar-refractivity contribution in [3.63, 3.8) is 0 Å². The summed E-state index contributed by atoms with van der Waals surface area (Å²) in [6, 6.07) is 0. The van der Waals surface area contributed by atoms with Crippen LogP contribution in [0.1, 0.15) is 142 Å². The van der Waals surface area contributed by atoms with Gasteiger partial charge in [-0.25, -0.2) is 0 Å². The van der Waals surface area contributed by atoms with Crippen molar-refractivity contribution in [1.29, 1.82) is 0 Å². The summed E-state index contributed by atoms with van der Waals surface area (Å²) in [5, 5.41) is 19.5. The number of rotatable bonds is 27. The Hall–Kier alpha value is -0.650. The maximum atomic E-state index is 12.4. The molecule has 0 saturated carbocycles.